The minimum absolute atomic E-state index is 0.123. The summed E-state index contributed by atoms with van der Waals surface area (Å²) in [5.41, 5.74) is 4.00. The third kappa shape index (κ3) is 5.91. The van der Waals surface area contributed by atoms with E-state index in [-0.39, 0.29) is 11.7 Å². The summed E-state index contributed by atoms with van der Waals surface area (Å²) in [4.78, 5) is 30.5. The molecule has 1 N–H and O–H groups in total. The third-order valence-electron chi connectivity index (χ3n) is 5.73. The zero-order chi connectivity index (χ0) is 23.4. The van der Waals surface area contributed by atoms with Gasteiger partial charge in [0.05, 0.1) is 12.2 Å². The van der Waals surface area contributed by atoms with Crippen molar-refractivity contribution < 1.29 is 9.59 Å². The molecule has 4 rings (SSSR count). The number of benzene rings is 3. The molecule has 0 unspecified atom stereocenters. The molecule has 0 aromatic heterocycles. The van der Waals surface area contributed by atoms with Crippen LogP contribution in [-0.2, 0) is 4.79 Å². The van der Waals surface area contributed by atoms with Crippen molar-refractivity contribution in [2.45, 2.75) is 6.92 Å². The smallest absolute Gasteiger partial charge is 0.238 e. The normalized spacial score (nSPS) is 14.2. The van der Waals surface area contributed by atoms with Crippen LogP contribution in [0.4, 0.5) is 11.4 Å². The van der Waals surface area contributed by atoms with Crippen molar-refractivity contribution in [2.75, 3.05) is 42.9 Å². The van der Waals surface area contributed by atoms with Crippen LogP contribution in [0, 0.1) is 6.92 Å². The Balaban J connectivity index is 1.40. The molecule has 3 aromatic rings. The summed E-state index contributed by atoms with van der Waals surface area (Å²) in [5.74, 6) is -0.270. The molecule has 1 fully saturated rings. The Bertz CT molecular complexity index is 1170. The van der Waals surface area contributed by atoms with Crippen LogP contribution in [0.15, 0.2) is 75.7 Å². The van der Waals surface area contributed by atoms with E-state index in [9.17, 15) is 9.59 Å². The number of piperazine rings is 1. The highest BCUT2D eigenvalue weighted by Crippen LogP contribution is 2.27. The summed E-state index contributed by atoms with van der Waals surface area (Å²) in [6.45, 7) is 5.76. The molecular formula is C26H25Br2N3O2. The number of aryl methyl sites for hydroxylation is 1. The maximum Gasteiger partial charge on any atom is 0.238 e. The van der Waals surface area contributed by atoms with Gasteiger partial charge in [0.1, 0.15) is 0 Å². The second kappa shape index (κ2) is 10.6. The molecule has 0 spiro atoms. The van der Waals surface area contributed by atoms with Crippen molar-refractivity contribution in [1.29, 1.82) is 0 Å². The summed E-state index contributed by atoms with van der Waals surface area (Å²) in [5, 5.41) is 2.95. The Labute approximate surface area is 211 Å². The van der Waals surface area contributed by atoms with Gasteiger partial charge in [-0.3, -0.25) is 14.5 Å². The summed E-state index contributed by atoms with van der Waals surface area (Å²) in [6, 6.07) is 21.1. The van der Waals surface area contributed by atoms with Gasteiger partial charge in [-0.1, -0.05) is 56.1 Å². The van der Waals surface area contributed by atoms with E-state index >= 15 is 0 Å². The molecule has 0 saturated carbocycles. The Kier molecular flexibility index (Phi) is 7.63. The molecule has 1 saturated heterocycles. The monoisotopic (exact) mass is 569 g/mol. The number of hydrogen-bond donors (Lipinski definition) is 1. The van der Waals surface area contributed by atoms with Crippen LogP contribution >= 0.6 is 31.9 Å². The van der Waals surface area contributed by atoms with Gasteiger partial charge in [-0.05, 0) is 55.0 Å². The summed E-state index contributed by atoms with van der Waals surface area (Å²) >= 11 is 6.89. The molecule has 7 heteroatoms. The molecule has 3 aromatic carbocycles. The number of carbonyl (C=O) groups excluding carboxylic acids is 2. The molecule has 0 bridgehead atoms. The fraction of sp³-hybridized carbons (Fsp3) is 0.231. The first-order valence-electron chi connectivity index (χ1n) is 10.8. The number of halogens is 2. The second-order valence-electron chi connectivity index (χ2n) is 8.15. The molecule has 33 heavy (non-hydrogen) atoms. The van der Waals surface area contributed by atoms with Crippen molar-refractivity contribution >= 4 is 54.9 Å². The molecule has 170 valence electrons. The molecule has 5 nitrogen and oxygen atoms in total. The van der Waals surface area contributed by atoms with E-state index in [0.29, 0.717) is 23.4 Å². The van der Waals surface area contributed by atoms with E-state index in [1.807, 2.05) is 24.3 Å². The fourth-order valence-electron chi connectivity index (χ4n) is 3.99. The Morgan fingerprint density at radius 2 is 1.64 bits per heavy atom. The largest absolute Gasteiger partial charge is 0.369 e. The first-order chi connectivity index (χ1) is 15.9. The number of hydrogen-bond acceptors (Lipinski definition) is 4. The molecule has 1 aliphatic rings. The van der Waals surface area contributed by atoms with Gasteiger partial charge in [0.15, 0.2) is 5.78 Å². The standard InChI is InChI=1S/C26H25Br2N3O2/c1-18-5-4-6-20(15-18)31-13-11-30(12-14-31)17-25(32)29-24-10-9-19(27)16-22(24)26(33)21-7-2-3-8-23(21)28/h2-10,15-16H,11-14,17H2,1H3,(H,29,32). The van der Waals surface area contributed by atoms with E-state index in [1.165, 1.54) is 11.3 Å². The second-order valence-corrected chi connectivity index (χ2v) is 9.92. The van der Waals surface area contributed by atoms with E-state index in [1.54, 1.807) is 18.2 Å². The van der Waals surface area contributed by atoms with E-state index in [0.717, 1.165) is 35.1 Å². The highest BCUT2D eigenvalue weighted by atomic mass is 79.9. The van der Waals surface area contributed by atoms with Gasteiger partial charge in [-0.25, -0.2) is 0 Å². The quantitative estimate of drug-likeness (QED) is 0.397. The molecular weight excluding hydrogens is 546 g/mol. The molecule has 1 amide bonds. The fourth-order valence-corrected chi connectivity index (χ4v) is 4.81. The average Bonchev–Trinajstić information content (AvgIpc) is 2.80. The first kappa shape index (κ1) is 23.7. The lowest BCUT2D eigenvalue weighted by Gasteiger charge is -2.35. The first-order valence-corrected chi connectivity index (χ1v) is 12.4. The van der Waals surface area contributed by atoms with Crippen LogP contribution < -0.4 is 10.2 Å². The van der Waals surface area contributed by atoms with Gasteiger partial charge >= 0.3 is 0 Å². The Morgan fingerprint density at radius 1 is 0.879 bits per heavy atom. The topological polar surface area (TPSA) is 52.6 Å². The van der Waals surface area contributed by atoms with Crippen molar-refractivity contribution in [3.63, 3.8) is 0 Å². The van der Waals surface area contributed by atoms with Crippen LogP contribution in [-0.4, -0.2) is 49.3 Å². The highest BCUT2D eigenvalue weighted by Gasteiger charge is 2.21. The number of rotatable bonds is 6. The lowest BCUT2D eigenvalue weighted by molar-refractivity contribution is -0.117. The number of nitrogens with one attached hydrogen (secondary N) is 1. The number of anilines is 2. The van der Waals surface area contributed by atoms with Gasteiger partial charge in [0.25, 0.3) is 0 Å². The predicted octanol–water partition coefficient (Wildman–Crippen LogP) is 5.51. The molecule has 0 aliphatic carbocycles. The van der Waals surface area contributed by atoms with Crippen LogP contribution in [0.5, 0.6) is 0 Å². The van der Waals surface area contributed by atoms with Gasteiger partial charge in [0.2, 0.25) is 5.91 Å². The molecule has 1 aliphatic heterocycles. The predicted molar refractivity (Wildman–Crippen MR) is 140 cm³/mol. The van der Waals surface area contributed by atoms with Gasteiger partial charge in [-0.2, -0.15) is 0 Å². The molecule has 0 radical (unpaired) electrons. The lowest BCUT2D eigenvalue weighted by Crippen LogP contribution is -2.48. The number of nitrogens with zero attached hydrogens (tertiary/aromatic N) is 2. The van der Waals surface area contributed by atoms with E-state index < -0.39 is 0 Å². The minimum atomic E-state index is -0.147. The van der Waals surface area contributed by atoms with Crippen LogP contribution in [0.1, 0.15) is 21.5 Å². The maximum atomic E-state index is 13.2. The van der Waals surface area contributed by atoms with Crippen LogP contribution in [0.3, 0.4) is 0 Å². The van der Waals surface area contributed by atoms with Crippen molar-refractivity contribution in [2.24, 2.45) is 0 Å². The zero-order valence-corrected chi connectivity index (χ0v) is 21.5. The number of carbonyl (C=O) groups is 2. The Morgan fingerprint density at radius 3 is 2.36 bits per heavy atom. The van der Waals surface area contributed by atoms with Gasteiger partial charge < -0.3 is 10.2 Å². The highest BCUT2D eigenvalue weighted by molar-refractivity contribution is 9.10. The third-order valence-corrected chi connectivity index (χ3v) is 6.91. The minimum Gasteiger partial charge on any atom is -0.369 e. The summed E-state index contributed by atoms with van der Waals surface area (Å²) in [6.07, 6.45) is 0. The maximum absolute atomic E-state index is 13.2. The van der Waals surface area contributed by atoms with E-state index in [2.05, 4.69) is 78.2 Å². The van der Waals surface area contributed by atoms with Crippen molar-refractivity contribution in [1.82, 2.24) is 4.90 Å². The Hall–Kier alpha value is -2.48. The van der Waals surface area contributed by atoms with Crippen molar-refractivity contribution in [3.8, 4) is 0 Å². The van der Waals surface area contributed by atoms with Crippen LogP contribution in [0.25, 0.3) is 0 Å². The molecule has 1 heterocycles. The van der Waals surface area contributed by atoms with E-state index in [4.69, 9.17) is 0 Å². The number of ketones is 1. The van der Waals surface area contributed by atoms with Crippen LogP contribution in [0.2, 0.25) is 0 Å². The van der Waals surface area contributed by atoms with Gasteiger partial charge in [0, 0.05) is 51.9 Å². The zero-order valence-electron chi connectivity index (χ0n) is 18.4. The summed E-state index contributed by atoms with van der Waals surface area (Å²) in [7, 11) is 0. The number of amides is 1. The van der Waals surface area contributed by atoms with Gasteiger partial charge in [-0.15, -0.1) is 0 Å². The average molecular weight is 571 g/mol. The summed E-state index contributed by atoms with van der Waals surface area (Å²) < 4.78 is 1.50. The molecule has 0 atom stereocenters. The lowest BCUT2D eigenvalue weighted by atomic mass is 10.0. The SMILES string of the molecule is Cc1cccc(N2CCN(CC(=O)Nc3ccc(Br)cc3C(=O)c3ccccc3Br)CC2)c1. The van der Waals surface area contributed by atoms with Crippen molar-refractivity contribution in [3.05, 3.63) is 92.4 Å².